The summed E-state index contributed by atoms with van der Waals surface area (Å²) in [6.45, 7) is 6.06. The molecule has 9 nitrogen and oxygen atoms in total. The number of hydrogen-bond acceptors (Lipinski definition) is 7. The van der Waals surface area contributed by atoms with Crippen LogP contribution in [0.1, 0.15) is 17.2 Å². The molecule has 0 atom stereocenters. The van der Waals surface area contributed by atoms with Crippen LogP contribution in [0, 0.1) is 20.8 Å². The predicted octanol–water partition coefficient (Wildman–Crippen LogP) is 1.99. The average molecular weight is 417 g/mol. The van der Waals surface area contributed by atoms with Gasteiger partial charge in [0, 0.05) is 31.5 Å². The third-order valence-electron chi connectivity index (χ3n) is 4.30. The second kappa shape index (κ2) is 8.58. The second-order valence-electron chi connectivity index (χ2n) is 6.46. The van der Waals surface area contributed by atoms with Gasteiger partial charge in [0.2, 0.25) is 10.0 Å². The van der Waals surface area contributed by atoms with Crippen LogP contribution in [0.4, 0.5) is 5.82 Å². The summed E-state index contributed by atoms with van der Waals surface area (Å²) in [5.41, 5.74) is 0.757. The standard InChI is InChI=1S/C19H24N6O3S/c1-13-11-16(5-6-17(13)28-4)29(26,27)22-8-7-21-18-12-19(24-14(2)23-18)25-10-9-20-15(25)3/h5-6,9-12,22H,7-8H2,1-4H3,(H,21,23,24). The van der Waals surface area contributed by atoms with Gasteiger partial charge in [0.05, 0.1) is 12.0 Å². The monoisotopic (exact) mass is 416 g/mol. The predicted molar refractivity (Wildman–Crippen MR) is 110 cm³/mol. The maximum atomic E-state index is 12.5. The molecule has 2 N–H and O–H groups in total. The van der Waals surface area contributed by atoms with Gasteiger partial charge in [-0.25, -0.2) is 28.1 Å². The number of benzene rings is 1. The third kappa shape index (κ3) is 4.90. The minimum absolute atomic E-state index is 0.201. The molecule has 0 aliphatic carbocycles. The van der Waals surface area contributed by atoms with Gasteiger partial charge in [-0.1, -0.05) is 0 Å². The van der Waals surface area contributed by atoms with Gasteiger partial charge in [-0.2, -0.15) is 0 Å². The van der Waals surface area contributed by atoms with Crippen LogP contribution in [0.2, 0.25) is 0 Å². The van der Waals surface area contributed by atoms with E-state index in [4.69, 9.17) is 4.74 Å². The number of anilines is 1. The molecule has 0 saturated heterocycles. The molecule has 2 heterocycles. The highest BCUT2D eigenvalue weighted by Gasteiger charge is 2.15. The summed E-state index contributed by atoms with van der Waals surface area (Å²) in [6, 6.07) is 6.55. The minimum Gasteiger partial charge on any atom is -0.496 e. The van der Waals surface area contributed by atoms with E-state index in [1.54, 1.807) is 45.4 Å². The van der Waals surface area contributed by atoms with Gasteiger partial charge in [0.15, 0.2) is 0 Å². The number of nitrogens with one attached hydrogen (secondary N) is 2. The van der Waals surface area contributed by atoms with E-state index < -0.39 is 10.0 Å². The van der Waals surface area contributed by atoms with Crippen LogP contribution in [-0.4, -0.2) is 48.1 Å². The number of aryl methyl sites for hydroxylation is 3. The molecule has 2 aromatic heterocycles. The van der Waals surface area contributed by atoms with Crippen molar-refractivity contribution in [3.05, 3.63) is 53.9 Å². The molecule has 0 aliphatic rings. The first kappa shape index (κ1) is 20.7. The lowest BCUT2D eigenvalue weighted by atomic mass is 10.2. The number of rotatable bonds is 8. The van der Waals surface area contributed by atoms with Crippen molar-refractivity contribution in [2.24, 2.45) is 0 Å². The van der Waals surface area contributed by atoms with Gasteiger partial charge < -0.3 is 10.1 Å². The molecule has 3 rings (SSSR count). The van der Waals surface area contributed by atoms with Crippen LogP contribution in [0.25, 0.3) is 5.82 Å². The van der Waals surface area contributed by atoms with Crippen molar-refractivity contribution in [1.29, 1.82) is 0 Å². The molecular formula is C19H24N6O3S. The molecule has 10 heteroatoms. The second-order valence-corrected chi connectivity index (χ2v) is 8.23. The van der Waals surface area contributed by atoms with E-state index in [1.807, 2.05) is 17.7 Å². The molecule has 0 bridgehead atoms. The summed E-state index contributed by atoms with van der Waals surface area (Å²) in [6.07, 6.45) is 3.53. The fourth-order valence-corrected chi connectivity index (χ4v) is 3.98. The zero-order valence-electron chi connectivity index (χ0n) is 16.8. The maximum Gasteiger partial charge on any atom is 0.240 e. The summed E-state index contributed by atoms with van der Waals surface area (Å²) in [5, 5.41) is 3.13. The fourth-order valence-electron chi connectivity index (χ4n) is 2.86. The van der Waals surface area contributed by atoms with Crippen molar-refractivity contribution in [2.75, 3.05) is 25.5 Å². The largest absolute Gasteiger partial charge is 0.496 e. The van der Waals surface area contributed by atoms with Crippen LogP contribution in [0.15, 0.2) is 41.6 Å². The molecule has 0 fully saturated rings. The van der Waals surface area contributed by atoms with E-state index in [0.29, 0.717) is 29.8 Å². The van der Waals surface area contributed by atoms with Crippen LogP contribution < -0.4 is 14.8 Å². The Morgan fingerprint density at radius 1 is 1.10 bits per heavy atom. The first-order valence-electron chi connectivity index (χ1n) is 9.04. The van der Waals surface area contributed by atoms with Crippen LogP contribution in [0.3, 0.4) is 0 Å². The van der Waals surface area contributed by atoms with Crippen molar-refractivity contribution < 1.29 is 13.2 Å². The van der Waals surface area contributed by atoms with E-state index in [-0.39, 0.29) is 11.4 Å². The number of imidazole rings is 1. The van der Waals surface area contributed by atoms with Gasteiger partial charge in [0.1, 0.15) is 29.0 Å². The highest BCUT2D eigenvalue weighted by molar-refractivity contribution is 7.89. The number of hydrogen-bond donors (Lipinski definition) is 2. The van der Waals surface area contributed by atoms with E-state index in [1.165, 1.54) is 6.07 Å². The molecule has 0 radical (unpaired) electrons. The average Bonchev–Trinajstić information content (AvgIpc) is 3.11. The molecule has 154 valence electrons. The van der Waals surface area contributed by atoms with Gasteiger partial charge in [-0.05, 0) is 44.5 Å². The summed E-state index contributed by atoms with van der Waals surface area (Å²) in [5.74, 6) is 3.38. The normalized spacial score (nSPS) is 11.4. The van der Waals surface area contributed by atoms with E-state index in [2.05, 4.69) is 25.0 Å². The lowest BCUT2D eigenvalue weighted by Crippen LogP contribution is -2.29. The summed E-state index contributed by atoms with van der Waals surface area (Å²) >= 11 is 0. The molecule has 0 saturated carbocycles. The highest BCUT2D eigenvalue weighted by atomic mass is 32.2. The number of sulfonamides is 1. The summed E-state index contributed by atoms with van der Waals surface area (Å²) < 4.78 is 34.6. The van der Waals surface area contributed by atoms with Crippen LogP contribution in [0.5, 0.6) is 5.75 Å². The number of methoxy groups -OCH3 is 1. The first-order chi connectivity index (χ1) is 13.8. The Hall–Kier alpha value is -2.98. The SMILES string of the molecule is COc1ccc(S(=O)(=O)NCCNc2cc(-n3ccnc3C)nc(C)n2)cc1C. The Labute approximate surface area is 170 Å². The zero-order chi connectivity index (χ0) is 21.0. The Bertz CT molecular complexity index is 1110. The van der Waals surface area contributed by atoms with Crippen LogP contribution >= 0.6 is 0 Å². The topological polar surface area (TPSA) is 111 Å². The molecule has 0 unspecified atom stereocenters. The smallest absolute Gasteiger partial charge is 0.240 e. The molecule has 0 aliphatic heterocycles. The first-order valence-corrected chi connectivity index (χ1v) is 10.5. The maximum absolute atomic E-state index is 12.5. The molecule has 0 spiro atoms. The number of ether oxygens (including phenoxy) is 1. The highest BCUT2D eigenvalue weighted by Crippen LogP contribution is 2.21. The molecule has 1 aromatic carbocycles. The van der Waals surface area contributed by atoms with Crippen molar-refractivity contribution >= 4 is 15.8 Å². The van der Waals surface area contributed by atoms with E-state index in [0.717, 1.165) is 11.4 Å². The van der Waals surface area contributed by atoms with Gasteiger partial charge in [-0.3, -0.25) is 4.57 Å². The quantitative estimate of drug-likeness (QED) is 0.540. The molecule has 0 amide bonds. The van der Waals surface area contributed by atoms with E-state index >= 15 is 0 Å². The van der Waals surface area contributed by atoms with Crippen molar-refractivity contribution in [2.45, 2.75) is 25.7 Å². The van der Waals surface area contributed by atoms with E-state index in [9.17, 15) is 8.42 Å². The zero-order valence-corrected chi connectivity index (χ0v) is 17.6. The Kier molecular flexibility index (Phi) is 6.14. The Morgan fingerprint density at radius 2 is 1.90 bits per heavy atom. The van der Waals surface area contributed by atoms with Crippen molar-refractivity contribution in [3.63, 3.8) is 0 Å². The Balaban J connectivity index is 1.62. The molecule has 3 aromatic rings. The lowest BCUT2D eigenvalue weighted by Gasteiger charge is -2.12. The summed E-state index contributed by atoms with van der Waals surface area (Å²) in [4.78, 5) is 13.2. The third-order valence-corrected chi connectivity index (χ3v) is 5.76. The molecular weight excluding hydrogens is 392 g/mol. The molecule has 29 heavy (non-hydrogen) atoms. The summed E-state index contributed by atoms with van der Waals surface area (Å²) in [7, 11) is -2.06. The van der Waals surface area contributed by atoms with Crippen molar-refractivity contribution in [1.82, 2.24) is 24.2 Å². The van der Waals surface area contributed by atoms with Gasteiger partial charge in [-0.15, -0.1) is 0 Å². The number of nitrogens with zero attached hydrogens (tertiary/aromatic N) is 4. The van der Waals surface area contributed by atoms with Gasteiger partial charge >= 0.3 is 0 Å². The van der Waals surface area contributed by atoms with Crippen molar-refractivity contribution in [3.8, 4) is 11.6 Å². The van der Waals surface area contributed by atoms with Gasteiger partial charge in [0.25, 0.3) is 0 Å². The van der Waals surface area contributed by atoms with Crippen LogP contribution in [-0.2, 0) is 10.0 Å². The minimum atomic E-state index is -3.61. The fraction of sp³-hybridized carbons (Fsp3) is 0.316. The lowest BCUT2D eigenvalue weighted by molar-refractivity contribution is 0.411. The Morgan fingerprint density at radius 3 is 2.55 bits per heavy atom. The number of aromatic nitrogens is 4.